The Morgan fingerprint density at radius 3 is 2.22 bits per heavy atom. The van der Waals surface area contributed by atoms with Crippen molar-refractivity contribution in [3.63, 3.8) is 0 Å². The highest BCUT2D eigenvalue weighted by Gasteiger charge is 2.32. The van der Waals surface area contributed by atoms with E-state index >= 15 is 0 Å². The van der Waals surface area contributed by atoms with Crippen molar-refractivity contribution in [3.05, 3.63) is 48.0 Å². The first-order valence-electron chi connectivity index (χ1n) is 9.57. The van der Waals surface area contributed by atoms with Crippen LogP contribution in [0.3, 0.4) is 0 Å². The summed E-state index contributed by atoms with van der Waals surface area (Å²) in [4.78, 5) is 37.4. The van der Waals surface area contributed by atoms with Gasteiger partial charge in [0.25, 0.3) is 0 Å². The summed E-state index contributed by atoms with van der Waals surface area (Å²) in [6.45, 7) is 1.17. The number of methoxy groups -OCH3 is 2. The first-order chi connectivity index (χ1) is 16.7. The molecule has 0 aromatic heterocycles. The number of nitrogens with one attached hydrogen (secondary N) is 3. The highest BCUT2D eigenvalue weighted by atomic mass is 32.2. The molecule has 0 aliphatic heterocycles. The molecule has 0 saturated carbocycles. The van der Waals surface area contributed by atoms with Crippen LogP contribution >= 0.6 is 0 Å². The van der Waals surface area contributed by atoms with Crippen LogP contribution in [0.25, 0.3) is 0 Å². The largest absolute Gasteiger partial charge is 0.453 e. The Bertz CT molecular complexity index is 1300. The molecular formula is C20H19F3N4O8S. The van der Waals surface area contributed by atoms with Crippen LogP contribution in [-0.2, 0) is 30.6 Å². The molecule has 2 rings (SSSR count). The number of nitrogens with zero attached hydrogens (tertiary/aromatic N) is 1. The first-order valence-corrected chi connectivity index (χ1v) is 11.0. The molecule has 3 amide bonds. The van der Waals surface area contributed by atoms with E-state index in [0.29, 0.717) is 12.1 Å². The van der Waals surface area contributed by atoms with Crippen LogP contribution in [0.15, 0.2) is 52.4 Å². The van der Waals surface area contributed by atoms with Crippen LogP contribution in [-0.4, -0.2) is 46.7 Å². The van der Waals surface area contributed by atoms with Crippen LogP contribution in [0.5, 0.6) is 5.75 Å². The molecule has 2 aromatic carbocycles. The van der Waals surface area contributed by atoms with Crippen molar-refractivity contribution >= 4 is 45.5 Å². The van der Waals surface area contributed by atoms with Crippen molar-refractivity contribution in [2.75, 3.05) is 24.9 Å². The minimum absolute atomic E-state index is 0.0237. The number of benzene rings is 2. The predicted octanol–water partition coefficient (Wildman–Crippen LogP) is 3.32. The molecule has 3 N–H and O–H groups in total. The van der Waals surface area contributed by atoms with E-state index in [2.05, 4.69) is 30.4 Å². The van der Waals surface area contributed by atoms with Crippen molar-refractivity contribution in [1.82, 2.24) is 5.32 Å². The Kier molecular flexibility index (Phi) is 8.83. The quantitative estimate of drug-likeness (QED) is 0.298. The lowest BCUT2D eigenvalue weighted by molar-refractivity contribution is -0.137. The number of aliphatic imine (C=N–C) groups is 1. The maximum Gasteiger partial charge on any atom is 0.436 e. The van der Waals surface area contributed by atoms with Gasteiger partial charge in [-0.25, -0.2) is 9.59 Å². The van der Waals surface area contributed by atoms with E-state index in [4.69, 9.17) is 4.18 Å². The highest BCUT2D eigenvalue weighted by molar-refractivity contribution is 7.87. The third-order valence-corrected chi connectivity index (χ3v) is 5.24. The number of carbonyl (C=O) groups is 3. The third kappa shape index (κ3) is 7.86. The van der Waals surface area contributed by atoms with Crippen molar-refractivity contribution in [3.8, 4) is 5.75 Å². The van der Waals surface area contributed by atoms with Gasteiger partial charge < -0.3 is 24.3 Å². The fourth-order valence-corrected chi connectivity index (χ4v) is 3.45. The van der Waals surface area contributed by atoms with Gasteiger partial charge in [-0.1, -0.05) is 6.07 Å². The first kappa shape index (κ1) is 27.9. The molecule has 0 atom stereocenters. The van der Waals surface area contributed by atoms with Crippen LogP contribution in [0.1, 0.15) is 12.5 Å². The molecule has 36 heavy (non-hydrogen) atoms. The van der Waals surface area contributed by atoms with Gasteiger partial charge in [0.15, 0.2) is 0 Å². The average molecular weight is 532 g/mol. The van der Waals surface area contributed by atoms with Gasteiger partial charge in [-0.3, -0.25) is 10.1 Å². The number of amides is 3. The number of carbonyl (C=O) groups excluding carboxylic acids is 3. The third-order valence-electron chi connectivity index (χ3n) is 3.99. The van der Waals surface area contributed by atoms with Gasteiger partial charge in [-0.05, 0) is 30.3 Å². The molecule has 12 nitrogen and oxygen atoms in total. The molecule has 0 radical (unpaired) electrons. The zero-order valence-electron chi connectivity index (χ0n) is 18.8. The maximum absolute atomic E-state index is 13.0. The Morgan fingerprint density at radius 2 is 1.64 bits per heavy atom. The second kappa shape index (κ2) is 11.4. The molecule has 0 aliphatic carbocycles. The van der Waals surface area contributed by atoms with Gasteiger partial charge in [0, 0.05) is 13.0 Å². The molecular weight excluding hydrogens is 513 g/mol. The van der Waals surface area contributed by atoms with E-state index in [1.54, 1.807) is 0 Å². The van der Waals surface area contributed by atoms with Gasteiger partial charge in [-0.2, -0.15) is 21.6 Å². The summed E-state index contributed by atoms with van der Waals surface area (Å²) in [6, 6.07) is 6.22. The molecule has 0 aliphatic rings. The zero-order valence-corrected chi connectivity index (χ0v) is 19.6. The lowest BCUT2D eigenvalue weighted by Crippen LogP contribution is -2.36. The average Bonchev–Trinajstić information content (AvgIpc) is 2.79. The van der Waals surface area contributed by atoms with Crippen LogP contribution < -0.4 is 20.1 Å². The number of anilines is 2. The molecule has 194 valence electrons. The minimum atomic E-state index is -4.79. The Labute approximate surface area is 202 Å². The molecule has 0 bridgehead atoms. The van der Waals surface area contributed by atoms with E-state index in [1.807, 2.05) is 0 Å². The second-order valence-electron chi connectivity index (χ2n) is 6.62. The summed E-state index contributed by atoms with van der Waals surface area (Å²) >= 11 is 0. The summed E-state index contributed by atoms with van der Waals surface area (Å²) < 4.78 is 77.9. The summed E-state index contributed by atoms with van der Waals surface area (Å²) in [6.07, 6.45) is -6.98. The number of ether oxygens (including phenoxy) is 2. The second-order valence-corrected chi connectivity index (χ2v) is 8.17. The topological polar surface area (TPSA) is 161 Å². The smallest absolute Gasteiger partial charge is 0.436 e. The Hall–Kier alpha value is -4.34. The standard InChI is InChI=1S/C20H19F3N4O8S/c1-11(28)24-15-8-7-13(10-16(15)25-17(26-18(29)33-2)27-19(30)34-3)35-36(31,32)14-6-4-5-12(9-14)20(21,22)23/h4-10H,1-3H3,(H,24,28)(H2,25,26,27,29,30). The van der Waals surface area contributed by atoms with E-state index in [1.165, 1.54) is 13.0 Å². The molecule has 0 spiro atoms. The minimum Gasteiger partial charge on any atom is -0.453 e. The molecule has 0 saturated heterocycles. The number of rotatable bonds is 5. The molecule has 2 aromatic rings. The fourth-order valence-electron chi connectivity index (χ4n) is 2.48. The van der Waals surface area contributed by atoms with Gasteiger partial charge >= 0.3 is 28.5 Å². The van der Waals surface area contributed by atoms with Crippen LogP contribution in [0.2, 0.25) is 0 Å². The van der Waals surface area contributed by atoms with Gasteiger partial charge in [0.05, 0.1) is 31.2 Å². The number of hydrogen-bond acceptors (Lipinski definition) is 8. The van der Waals surface area contributed by atoms with Crippen molar-refractivity contribution in [2.45, 2.75) is 18.0 Å². The SMILES string of the molecule is COC(=O)/N=C(\NC(=O)OC)Nc1cc(OS(=O)(=O)c2cccc(C(F)(F)F)c2)ccc1NC(C)=O. The molecule has 0 heterocycles. The number of alkyl carbamates (subject to hydrolysis) is 1. The molecule has 0 fully saturated rings. The van der Waals surface area contributed by atoms with Crippen molar-refractivity contribution in [2.24, 2.45) is 4.99 Å². The maximum atomic E-state index is 13.0. The van der Waals surface area contributed by atoms with E-state index < -0.39 is 56.6 Å². The summed E-state index contributed by atoms with van der Waals surface area (Å²) in [7, 11) is -2.69. The summed E-state index contributed by atoms with van der Waals surface area (Å²) in [5.41, 5.74) is -1.32. The number of halogens is 3. The number of alkyl halides is 3. The predicted molar refractivity (Wildman–Crippen MR) is 119 cm³/mol. The number of guanidine groups is 1. The fraction of sp³-hybridized carbons (Fsp3) is 0.200. The lowest BCUT2D eigenvalue weighted by Gasteiger charge is -2.16. The normalized spacial score (nSPS) is 11.8. The zero-order chi connectivity index (χ0) is 27.1. The van der Waals surface area contributed by atoms with Gasteiger partial charge in [-0.15, -0.1) is 4.99 Å². The summed E-state index contributed by atoms with van der Waals surface area (Å²) in [5, 5.41) is 6.96. The lowest BCUT2D eigenvalue weighted by atomic mass is 10.2. The van der Waals surface area contributed by atoms with Gasteiger partial charge in [0.2, 0.25) is 11.9 Å². The van der Waals surface area contributed by atoms with Crippen molar-refractivity contribution < 1.29 is 49.6 Å². The summed E-state index contributed by atoms with van der Waals surface area (Å²) in [5.74, 6) is -1.49. The molecule has 16 heteroatoms. The Morgan fingerprint density at radius 1 is 0.944 bits per heavy atom. The highest BCUT2D eigenvalue weighted by Crippen LogP contribution is 2.32. The van der Waals surface area contributed by atoms with E-state index in [0.717, 1.165) is 38.5 Å². The van der Waals surface area contributed by atoms with Gasteiger partial charge in [0.1, 0.15) is 10.6 Å². The van der Waals surface area contributed by atoms with E-state index in [-0.39, 0.29) is 11.4 Å². The van der Waals surface area contributed by atoms with Crippen LogP contribution in [0.4, 0.5) is 34.1 Å². The monoisotopic (exact) mass is 532 g/mol. The van der Waals surface area contributed by atoms with Crippen LogP contribution in [0, 0.1) is 0 Å². The number of hydrogen-bond donors (Lipinski definition) is 3. The van der Waals surface area contributed by atoms with Crippen molar-refractivity contribution in [1.29, 1.82) is 0 Å². The Balaban J connectivity index is 2.47. The molecule has 0 unspecified atom stereocenters. The van der Waals surface area contributed by atoms with E-state index in [9.17, 15) is 36.0 Å².